The van der Waals surface area contributed by atoms with E-state index in [9.17, 15) is 14.4 Å². The Kier molecular flexibility index (Phi) is 5.81. The van der Waals surface area contributed by atoms with Crippen LogP contribution in [0.25, 0.3) is 0 Å². The Hall–Kier alpha value is -2.77. The van der Waals surface area contributed by atoms with Crippen LogP contribution >= 0.6 is 0 Å². The Morgan fingerprint density at radius 3 is 2.81 bits per heavy atom. The number of benzene rings is 1. The molecule has 8 nitrogen and oxygen atoms in total. The second-order valence-corrected chi connectivity index (χ2v) is 8.80. The van der Waals surface area contributed by atoms with E-state index in [4.69, 9.17) is 9.47 Å². The highest BCUT2D eigenvalue weighted by atomic mass is 16.5. The predicted molar refractivity (Wildman–Crippen MR) is 114 cm³/mol. The molecule has 0 unspecified atom stereocenters. The molecule has 3 aliphatic heterocycles. The summed E-state index contributed by atoms with van der Waals surface area (Å²) in [6.07, 6.45) is 4.10. The van der Waals surface area contributed by atoms with Crippen molar-refractivity contribution in [2.24, 2.45) is 0 Å². The van der Waals surface area contributed by atoms with Crippen molar-refractivity contribution >= 4 is 17.7 Å². The summed E-state index contributed by atoms with van der Waals surface area (Å²) in [5.74, 6) is 0.744. The lowest BCUT2D eigenvalue weighted by molar-refractivity contribution is -0.147. The van der Waals surface area contributed by atoms with E-state index in [2.05, 4.69) is 12.2 Å². The number of ether oxygens (including phenoxy) is 2. The molecule has 2 saturated heterocycles. The van der Waals surface area contributed by atoms with Gasteiger partial charge in [-0.3, -0.25) is 14.4 Å². The highest BCUT2D eigenvalue weighted by Gasteiger charge is 2.44. The number of piperidine rings is 1. The summed E-state index contributed by atoms with van der Waals surface area (Å²) in [4.78, 5) is 42.4. The van der Waals surface area contributed by atoms with Crippen LogP contribution in [0.4, 0.5) is 0 Å². The largest absolute Gasteiger partial charge is 0.497 e. The first-order valence-corrected chi connectivity index (χ1v) is 11.1. The predicted octanol–water partition coefficient (Wildman–Crippen LogP) is 2.32. The Morgan fingerprint density at radius 1 is 1.26 bits per heavy atom. The van der Waals surface area contributed by atoms with E-state index in [1.165, 1.54) is 0 Å². The standard InChI is InChI=1S/C23H31N3O5/c1-15-6-4-5-12-25(15)22(29)16(2)26-13-11-23(10-9-20(26)27)24-21(28)18-8-7-17(30-3)14-19(18)31-23/h7-8,14-16H,4-6,9-13H2,1-3H3,(H,24,28)/t15-,16-,23-/m0/s1. The first-order chi connectivity index (χ1) is 14.8. The van der Waals surface area contributed by atoms with E-state index < -0.39 is 11.8 Å². The number of carbonyl (C=O) groups excluding carboxylic acids is 3. The van der Waals surface area contributed by atoms with E-state index >= 15 is 0 Å². The van der Waals surface area contributed by atoms with Gasteiger partial charge >= 0.3 is 0 Å². The van der Waals surface area contributed by atoms with Crippen LogP contribution in [0.15, 0.2) is 18.2 Å². The van der Waals surface area contributed by atoms with Crippen LogP contribution in [0.1, 0.15) is 62.7 Å². The molecule has 0 radical (unpaired) electrons. The minimum absolute atomic E-state index is 0.000167. The number of methoxy groups -OCH3 is 1. The van der Waals surface area contributed by atoms with Gasteiger partial charge in [0.25, 0.3) is 5.91 Å². The van der Waals surface area contributed by atoms with Gasteiger partial charge in [-0.25, -0.2) is 0 Å². The van der Waals surface area contributed by atoms with Gasteiger partial charge in [-0.1, -0.05) is 0 Å². The molecule has 1 aromatic carbocycles. The van der Waals surface area contributed by atoms with Crippen molar-refractivity contribution in [2.45, 2.75) is 70.2 Å². The molecule has 0 saturated carbocycles. The van der Waals surface area contributed by atoms with Gasteiger partial charge in [-0.15, -0.1) is 0 Å². The van der Waals surface area contributed by atoms with Gasteiger partial charge in [-0.2, -0.15) is 0 Å². The van der Waals surface area contributed by atoms with E-state index in [0.29, 0.717) is 36.4 Å². The summed E-state index contributed by atoms with van der Waals surface area (Å²) in [6, 6.07) is 4.75. The second kappa shape index (κ2) is 8.40. The highest BCUT2D eigenvalue weighted by Crippen LogP contribution is 2.36. The van der Waals surface area contributed by atoms with Gasteiger partial charge in [-0.05, 0) is 45.2 Å². The van der Waals surface area contributed by atoms with Gasteiger partial charge in [0.2, 0.25) is 11.8 Å². The van der Waals surface area contributed by atoms with E-state index in [-0.39, 0.29) is 30.2 Å². The molecule has 3 amide bonds. The van der Waals surface area contributed by atoms with Crippen molar-refractivity contribution in [3.63, 3.8) is 0 Å². The van der Waals surface area contributed by atoms with Gasteiger partial charge in [0, 0.05) is 44.5 Å². The first-order valence-electron chi connectivity index (χ1n) is 11.1. The molecule has 1 spiro atoms. The fourth-order valence-electron chi connectivity index (χ4n) is 4.85. The molecule has 8 heteroatoms. The second-order valence-electron chi connectivity index (χ2n) is 8.80. The van der Waals surface area contributed by atoms with Crippen LogP contribution in [0.3, 0.4) is 0 Å². The SMILES string of the molecule is COc1ccc2c(c1)O[C@]1(CCC(=O)N([C@@H](C)C(=O)N3CCCC[C@@H]3C)CC1)NC2=O. The molecule has 1 N–H and O–H groups in total. The lowest BCUT2D eigenvalue weighted by Crippen LogP contribution is -2.57. The molecule has 3 aliphatic rings. The van der Waals surface area contributed by atoms with E-state index in [0.717, 1.165) is 25.8 Å². The number of hydrogen-bond acceptors (Lipinski definition) is 5. The molecule has 31 heavy (non-hydrogen) atoms. The monoisotopic (exact) mass is 429 g/mol. The molecule has 0 bridgehead atoms. The maximum atomic E-state index is 13.1. The van der Waals surface area contributed by atoms with Crippen LogP contribution in [0.5, 0.6) is 11.5 Å². The smallest absolute Gasteiger partial charge is 0.258 e. The molecule has 0 aliphatic carbocycles. The Bertz CT molecular complexity index is 888. The van der Waals surface area contributed by atoms with Crippen molar-refractivity contribution in [3.05, 3.63) is 23.8 Å². The van der Waals surface area contributed by atoms with E-state index in [1.54, 1.807) is 37.1 Å². The summed E-state index contributed by atoms with van der Waals surface area (Å²) in [7, 11) is 1.56. The lowest BCUT2D eigenvalue weighted by atomic mass is 10.00. The zero-order valence-corrected chi connectivity index (χ0v) is 18.5. The van der Waals surface area contributed by atoms with Crippen LogP contribution in [0.2, 0.25) is 0 Å². The molecule has 0 aromatic heterocycles. The molecule has 3 heterocycles. The summed E-state index contributed by atoms with van der Waals surface area (Å²) in [5, 5.41) is 2.97. The van der Waals surface area contributed by atoms with Crippen LogP contribution in [-0.4, -0.2) is 65.5 Å². The quantitative estimate of drug-likeness (QED) is 0.797. The van der Waals surface area contributed by atoms with Gasteiger partial charge in [0.1, 0.15) is 17.5 Å². The zero-order valence-electron chi connectivity index (χ0n) is 18.5. The number of nitrogens with zero attached hydrogens (tertiary/aromatic N) is 2. The fraction of sp³-hybridized carbons (Fsp3) is 0.609. The van der Waals surface area contributed by atoms with Crippen molar-refractivity contribution < 1.29 is 23.9 Å². The lowest BCUT2D eigenvalue weighted by Gasteiger charge is -2.39. The molecule has 2 fully saturated rings. The summed E-state index contributed by atoms with van der Waals surface area (Å²) < 4.78 is 11.5. The van der Waals surface area contributed by atoms with Crippen molar-refractivity contribution in [1.29, 1.82) is 0 Å². The van der Waals surface area contributed by atoms with Crippen LogP contribution in [0, 0.1) is 0 Å². The highest BCUT2D eigenvalue weighted by molar-refractivity contribution is 5.98. The summed E-state index contributed by atoms with van der Waals surface area (Å²) in [6.45, 7) is 4.96. The summed E-state index contributed by atoms with van der Waals surface area (Å²) >= 11 is 0. The third-order valence-corrected chi connectivity index (χ3v) is 6.81. The third kappa shape index (κ3) is 4.07. The van der Waals surface area contributed by atoms with Crippen molar-refractivity contribution in [3.8, 4) is 11.5 Å². The normalized spacial score (nSPS) is 27.1. The van der Waals surface area contributed by atoms with Gasteiger partial charge < -0.3 is 24.6 Å². The maximum absolute atomic E-state index is 13.1. The Balaban J connectivity index is 1.51. The average molecular weight is 430 g/mol. The zero-order chi connectivity index (χ0) is 22.2. The molecule has 1 aromatic rings. The number of amides is 3. The van der Waals surface area contributed by atoms with Gasteiger partial charge in [0.15, 0.2) is 5.72 Å². The average Bonchev–Trinajstić information content (AvgIpc) is 2.91. The number of nitrogens with one attached hydrogen (secondary N) is 1. The van der Waals surface area contributed by atoms with Gasteiger partial charge in [0.05, 0.1) is 12.7 Å². The minimum Gasteiger partial charge on any atom is -0.497 e. The molecular weight excluding hydrogens is 398 g/mol. The van der Waals surface area contributed by atoms with E-state index in [1.807, 2.05) is 4.90 Å². The topological polar surface area (TPSA) is 88.2 Å². The molecule has 3 atom stereocenters. The number of fused-ring (bicyclic) bond motifs is 1. The number of hydrogen-bond donors (Lipinski definition) is 1. The summed E-state index contributed by atoms with van der Waals surface area (Å²) in [5.41, 5.74) is -0.524. The Labute approximate surface area is 182 Å². The Morgan fingerprint density at radius 2 is 2.06 bits per heavy atom. The van der Waals surface area contributed by atoms with Crippen molar-refractivity contribution in [2.75, 3.05) is 20.2 Å². The minimum atomic E-state index is -0.970. The fourth-order valence-corrected chi connectivity index (χ4v) is 4.85. The number of carbonyl (C=O) groups is 3. The number of rotatable bonds is 3. The molecular formula is C23H31N3O5. The number of likely N-dealkylation sites (tertiary alicyclic amines) is 2. The molecule has 168 valence electrons. The maximum Gasteiger partial charge on any atom is 0.258 e. The molecule has 4 rings (SSSR count). The first kappa shape index (κ1) is 21.5. The third-order valence-electron chi connectivity index (χ3n) is 6.81. The van der Waals surface area contributed by atoms with Crippen LogP contribution in [-0.2, 0) is 9.59 Å². The van der Waals surface area contributed by atoms with Crippen LogP contribution < -0.4 is 14.8 Å². The van der Waals surface area contributed by atoms with Crippen molar-refractivity contribution in [1.82, 2.24) is 15.1 Å².